The number of hydrogen-bond acceptors (Lipinski definition) is 5. The lowest BCUT2D eigenvalue weighted by atomic mass is 9.77. The lowest BCUT2D eigenvalue weighted by Gasteiger charge is -2.29. The number of thiazole rings is 1. The zero-order chi connectivity index (χ0) is 23.8. The average molecular weight is 600 g/mol. The number of aryl methyl sites for hydroxylation is 1. The minimum absolute atomic E-state index is 0.0415. The Labute approximate surface area is 220 Å². The van der Waals surface area contributed by atoms with Gasteiger partial charge in [-0.2, -0.15) is 5.10 Å². The molecular formula is C26H24Br2N4OS. The van der Waals surface area contributed by atoms with Gasteiger partial charge < -0.3 is 5.32 Å². The Kier molecular flexibility index (Phi) is 6.73. The molecule has 2 aliphatic rings. The van der Waals surface area contributed by atoms with Crippen molar-refractivity contribution in [3.05, 3.63) is 84.7 Å². The van der Waals surface area contributed by atoms with Gasteiger partial charge in [0.05, 0.1) is 17.4 Å². The van der Waals surface area contributed by atoms with Crippen LogP contribution in [-0.4, -0.2) is 23.7 Å². The van der Waals surface area contributed by atoms with E-state index in [9.17, 15) is 4.79 Å². The van der Waals surface area contributed by atoms with Gasteiger partial charge in [0.2, 0.25) is 5.13 Å². The van der Waals surface area contributed by atoms with Crippen molar-refractivity contribution in [3.63, 3.8) is 0 Å². The molecule has 34 heavy (non-hydrogen) atoms. The van der Waals surface area contributed by atoms with Crippen LogP contribution in [0.1, 0.15) is 51.8 Å². The number of carbonyl (C=O) groups is 1. The van der Waals surface area contributed by atoms with Crippen LogP contribution in [0.5, 0.6) is 0 Å². The van der Waals surface area contributed by atoms with Gasteiger partial charge in [-0.05, 0) is 73.2 Å². The summed E-state index contributed by atoms with van der Waals surface area (Å²) in [6, 6.07) is 16.9. The predicted octanol–water partition coefficient (Wildman–Crippen LogP) is 7.14. The fourth-order valence-electron chi connectivity index (χ4n) is 4.72. The van der Waals surface area contributed by atoms with Crippen LogP contribution in [0.15, 0.2) is 68.2 Å². The summed E-state index contributed by atoms with van der Waals surface area (Å²) in [5, 5.41) is 10.7. The molecule has 1 N–H and O–H groups in total. The zero-order valence-corrected chi connectivity index (χ0v) is 22.9. The van der Waals surface area contributed by atoms with E-state index in [-0.39, 0.29) is 17.9 Å². The number of benzene rings is 2. The third-order valence-corrected chi connectivity index (χ3v) is 8.54. The van der Waals surface area contributed by atoms with E-state index in [2.05, 4.69) is 91.8 Å². The third kappa shape index (κ3) is 4.51. The van der Waals surface area contributed by atoms with Crippen molar-refractivity contribution in [2.24, 2.45) is 11.0 Å². The quantitative estimate of drug-likeness (QED) is 0.347. The van der Waals surface area contributed by atoms with Crippen molar-refractivity contribution in [2.45, 2.75) is 32.2 Å². The van der Waals surface area contributed by atoms with Crippen molar-refractivity contribution in [1.29, 1.82) is 0 Å². The van der Waals surface area contributed by atoms with Gasteiger partial charge in [-0.25, -0.2) is 9.99 Å². The maximum absolute atomic E-state index is 12.4. The topological polar surface area (TPSA) is 57.6 Å². The molecule has 3 aromatic rings. The standard InChI is InChI=1S/C26H24Br2N4OS/c1-15-24(25(33)29-2)34-26(30-15)32-23(17-8-12-20(28)13-9-17)21-5-3-4-18(22(21)31-32)14-16-6-10-19(27)11-7-16/h6-14,21,23H,3-5H2,1-2H3,(H,29,33). The van der Waals surface area contributed by atoms with E-state index in [1.54, 1.807) is 7.05 Å². The number of halogens is 2. The molecule has 0 radical (unpaired) electrons. The number of amides is 1. The molecule has 1 saturated carbocycles. The highest BCUT2D eigenvalue weighted by Crippen LogP contribution is 2.47. The fourth-order valence-corrected chi connectivity index (χ4v) is 6.25. The second-order valence-corrected chi connectivity index (χ2v) is 11.3. The molecule has 5 rings (SSSR count). The Morgan fingerprint density at radius 2 is 1.79 bits per heavy atom. The van der Waals surface area contributed by atoms with Crippen molar-refractivity contribution < 1.29 is 4.79 Å². The number of aromatic nitrogens is 1. The molecule has 2 unspecified atom stereocenters. The molecule has 174 valence electrons. The van der Waals surface area contributed by atoms with Crippen LogP contribution in [0.4, 0.5) is 5.13 Å². The third-order valence-electron chi connectivity index (χ3n) is 6.34. The molecule has 8 heteroatoms. The van der Waals surface area contributed by atoms with Crippen molar-refractivity contribution in [2.75, 3.05) is 12.1 Å². The van der Waals surface area contributed by atoms with Crippen LogP contribution in [0.25, 0.3) is 6.08 Å². The smallest absolute Gasteiger partial charge is 0.263 e. The van der Waals surface area contributed by atoms with E-state index in [1.165, 1.54) is 28.0 Å². The minimum atomic E-state index is -0.110. The summed E-state index contributed by atoms with van der Waals surface area (Å²) in [5.74, 6) is 0.158. The SMILES string of the molecule is CNC(=O)c1sc(N2N=C3C(=Cc4ccc(Br)cc4)CCCC3C2c2ccc(Br)cc2)nc1C. The van der Waals surface area contributed by atoms with Gasteiger partial charge >= 0.3 is 0 Å². The number of carbonyl (C=O) groups excluding carboxylic acids is 1. The number of hydrazone groups is 1. The van der Waals surface area contributed by atoms with Crippen molar-refractivity contribution >= 4 is 66.0 Å². The van der Waals surface area contributed by atoms with Crippen molar-refractivity contribution in [3.8, 4) is 0 Å². The van der Waals surface area contributed by atoms with Crippen LogP contribution in [0.2, 0.25) is 0 Å². The predicted molar refractivity (Wildman–Crippen MR) is 146 cm³/mol. The lowest BCUT2D eigenvalue weighted by molar-refractivity contribution is 0.0966. The molecule has 1 aliphatic heterocycles. The van der Waals surface area contributed by atoms with Gasteiger partial charge in [-0.3, -0.25) is 4.79 Å². The summed E-state index contributed by atoms with van der Waals surface area (Å²) in [7, 11) is 1.65. The summed E-state index contributed by atoms with van der Waals surface area (Å²) in [5.41, 5.74) is 5.52. The number of nitrogens with one attached hydrogen (secondary N) is 1. The molecule has 2 aromatic carbocycles. The normalized spacial score (nSPS) is 20.9. The van der Waals surface area contributed by atoms with Gasteiger partial charge in [0, 0.05) is 21.9 Å². The largest absolute Gasteiger partial charge is 0.354 e. The zero-order valence-electron chi connectivity index (χ0n) is 18.9. The monoisotopic (exact) mass is 598 g/mol. The molecule has 2 heterocycles. The molecule has 1 aromatic heterocycles. The second kappa shape index (κ2) is 9.76. The van der Waals surface area contributed by atoms with Gasteiger partial charge in [-0.1, -0.05) is 67.5 Å². The molecule has 1 fully saturated rings. The van der Waals surface area contributed by atoms with Crippen molar-refractivity contribution in [1.82, 2.24) is 10.3 Å². The summed E-state index contributed by atoms with van der Waals surface area (Å²) < 4.78 is 2.12. The average Bonchev–Trinajstić information content (AvgIpc) is 3.42. The van der Waals surface area contributed by atoms with E-state index < -0.39 is 0 Å². The number of hydrogen-bond donors (Lipinski definition) is 1. The molecule has 0 bridgehead atoms. The fraction of sp³-hybridized carbons (Fsp3) is 0.269. The van der Waals surface area contributed by atoms with E-state index in [0.29, 0.717) is 4.88 Å². The first-order valence-electron chi connectivity index (χ1n) is 11.2. The summed E-state index contributed by atoms with van der Waals surface area (Å²) in [4.78, 5) is 17.8. The Morgan fingerprint density at radius 1 is 1.12 bits per heavy atom. The summed E-state index contributed by atoms with van der Waals surface area (Å²) in [6.45, 7) is 1.88. The van der Waals surface area contributed by atoms with Gasteiger partial charge in [-0.15, -0.1) is 0 Å². The highest BCUT2D eigenvalue weighted by Gasteiger charge is 2.43. The van der Waals surface area contributed by atoms with E-state index >= 15 is 0 Å². The number of anilines is 1. The molecule has 0 saturated heterocycles. The Bertz CT molecular complexity index is 1280. The highest BCUT2D eigenvalue weighted by atomic mass is 79.9. The summed E-state index contributed by atoms with van der Waals surface area (Å²) >= 11 is 8.49. The number of allylic oxidation sites excluding steroid dienone is 1. The van der Waals surface area contributed by atoms with Crippen LogP contribution < -0.4 is 10.3 Å². The second-order valence-electron chi connectivity index (χ2n) is 8.54. The summed E-state index contributed by atoms with van der Waals surface area (Å²) in [6.07, 6.45) is 5.46. The lowest BCUT2D eigenvalue weighted by Crippen LogP contribution is -2.28. The molecule has 1 aliphatic carbocycles. The maximum Gasteiger partial charge on any atom is 0.263 e. The molecular weight excluding hydrogens is 576 g/mol. The molecule has 0 spiro atoms. The van der Waals surface area contributed by atoms with Gasteiger partial charge in [0.25, 0.3) is 5.91 Å². The Morgan fingerprint density at radius 3 is 2.47 bits per heavy atom. The van der Waals surface area contributed by atoms with Gasteiger partial charge in [0.15, 0.2) is 0 Å². The first kappa shape index (κ1) is 23.5. The number of nitrogens with zero attached hydrogens (tertiary/aromatic N) is 3. The van der Waals surface area contributed by atoms with Crippen LogP contribution in [-0.2, 0) is 0 Å². The van der Waals surface area contributed by atoms with Gasteiger partial charge in [0.1, 0.15) is 4.88 Å². The molecule has 1 amide bonds. The van der Waals surface area contributed by atoms with Crippen LogP contribution >= 0.6 is 43.2 Å². The highest BCUT2D eigenvalue weighted by molar-refractivity contribution is 9.10. The molecule has 5 nitrogen and oxygen atoms in total. The maximum atomic E-state index is 12.4. The van der Waals surface area contributed by atoms with E-state index in [4.69, 9.17) is 10.1 Å². The van der Waals surface area contributed by atoms with Crippen LogP contribution in [0.3, 0.4) is 0 Å². The Balaban J connectivity index is 1.60. The van der Waals surface area contributed by atoms with E-state index in [0.717, 1.165) is 44.7 Å². The Hall–Kier alpha value is -2.29. The molecule has 2 atom stereocenters. The van der Waals surface area contributed by atoms with Crippen LogP contribution in [0, 0.1) is 12.8 Å². The first-order chi connectivity index (χ1) is 16.4. The first-order valence-corrected chi connectivity index (χ1v) is 13.6. The minimum Gasteiger partial charge on any atom is -0.354 e. The number of rotatable bonds is 4. The number of fused-ring (bicyclic) bond motifs is 1. The van der Waals surface area contributed by atoms with E-state index in [1.807, 2.05) is 11.9 Å².